The molecule has 1 saturated heterocycles. The van der Waals surface area contributed by atoms with Crippen molar-refractivity contribution in [1.82, 2.24) is 15.2 Å². The van der Waals surface area contributed by atoms with Crippen molar-refractivity contribution in [3.63, 3.8) is 0 Å². The van der Waals surface area contributed by atoms with Gasteiger partial charge in [-0.1, -0.05) is 0 Å². The third-order valence-corrected chi connectivity index (χ3v) is 3.81. The maximum Gasteiger partial charge on any atom is 0.154 e. The van der Waals surface area contributed by atoms with Gasteiger partial charge in [-0.05, 0) is 22.6 Å². The van der Waals surface area contributed by atoms with Crippen LogP contribution in [0.25, 0.3) is 0 Å². The summed E-state index contributed by atoms with van der Waals surface area (Å²) in [5.74, 6) is 0.918. The predicted octanol–water partition coefficient (Wildman–Crippen LogP) is 1.52. The molecular formula is C9H9IN4S. The number of rotatable bonds is 2. The first-order chi connectivity index (χ1) is 7.29. The Morgan fingerprint density at radius 2 is 2.67 bits per heavy atom. The molecule has 0 spiro atoms. The van der Waals surface area contributed by atoms with Gasteiger partial charge in [0.1, 0.15) is 5.82 Å². The molecule has 0 saturated carbocycles. The number of thiazole rings is 1. The largest absolute Gasteiger partial charge is 0.369 e. The van der Waals surface area contributed by atoms with Gasteiger partial charge in [0.25, 0.3) is 0 Å². The molecule has 4 nitrogen and oxygen atoms in total. The molecule has 0 radical (unpaired) electrons. The van der Waals surface area contributed by atoms with Crippen LogP contribution in [0.4, 0.5) is 0 Å². The van der Waals surface area contributed by atoms with Crippen molar-refractivity contribution in [2.45, 2.75) is 6.54 Å². The molecule has 1 aromatic heterocycles. The van der Waals surface area contributed by atoms with Crippen LogP contribution in [0.15, 0.2) is 18.1 Å². The summed E-state index contributed by atoms with van der Waals surface area (Å²) in [6.07, 6.45) is 3.45. The lowest BCUT2D eigenvalue weighted by atomic mass is 10.4. The highest BCUT2D eigenvalue weighted by atomic mass is 127. The summed E-state index contributed by atoms with van der Waals surface area (Å²) in [6.45, 7) is 2.69. The van der Waals surface area contributed by atoms with Gasteiger partial charge < -0.3 is 10.2 Å². The molecule has 15 heavy (non-hydrogen) atoms. The van der Waals surface area contributed by atoms with Crippen molar-refractivity contribution in [3.05, 3.63) is 26.0 Å². The van der Waals surface area contributed by atoms with Gasteiger partial charge in [-0.3, -0.25) is 0 Å². The molecule has 0 aliphatic carbocycles. The summed E-state index contributed by atoms with van der Waals surface area (Å²) in [5.41, 5.74) is 0. The van der Waals surface area contributed by atoms with E-state index < -0.39 is 0 Å². The zero-order chi connectivity index (χ0) is 10.7. The highest BCUT2D eigenvalue weighted by Gasteiger charge is 2.16. The van der Waals surface area contributed by atoms with Crippen LogP contribution in [0.2, 0.25) is 0 Å². The minimum atomic E-state index is 0.835. The Labute approximate surface area is 106 Å². The SMILES string of the molecule is N#CC=C1NCCN1Cc1cnc(I)s1. The summed E-state index contributed by atoms with van der Waals surface area (Å²) in [4.78, 5) is 7.59. The molecule has 6 heteroatoms. The number of nitrogens with zero attached hydrogens (tertiary/aromatic N) is 3. The quantitative estimate of drug-likeness (QED) is 0.659. The van der Waals surface area contributed by atoms with E-state index in [0.717, 1.165) is 28.5 Å². The van der Waals surface area contributed by atoms with Crippen molar-refractivity contribution in [3.8, 4) is 6.07 Å². The minimum absolute atomic E-state index is 0.835. The Bertz CT molecular complexity index is 420. The topological polar surface area (TPSA) is 52.0 Å². The second-order valence-corrected chi connectivity index (χ2v) is 5.96. The van der Waals surface area contributed by atoms with Gasteiger partial charge in [0, 0.05) is 24.2 Å². The zero-order valence-corrected chi connectivity index (χ0v) is 10.9. The van der Waals surface area contributed by atoms with E-state index in [1.165, 1.54) is 4.88 Å². The Hall–Kier alpha value is -0.810. The molecule has 0 atom stereocenters. The van der Waals surface area contributed by atoms with E-state index in [1.807, 2.05) is 6.20 Å². The maximum absolute atomic E-state index is 8.61. The number of hydrogen-bond donors (Lipinski definition) is 1. The summed E-state index contributed by atoms with van der Waals surface area (Å²) in [7, 11) is 0. The van der Waals surface area contributed by atoms with Crippen LogP contribution in [0.1, 0.15) is 4.88 Å². The first kappa shape index (κ1) is 10.7. The molecule has 1 aliphatic rings. The van der Waals surface area contributed by atoms with E-state index in [-0.39, 0.29) is 0 Å². The zero-order valence-electron chi connectivity index (χ0n) is 7.90. The van der Waals surface area contributed by atoms with Crippen LogP contribution in [0.3, 0.4) is 0 Å². The van der Waals surface area contributed by atoms with Crippen LogP contribution in [0, 0.1) is 14.3 Å². The van der Waals surface area contributed by atoms with Crippen LogP contribution < -0.4 is 5.32 Å². The monoisotopic (exact) mass is 332 g/mol. The number of allylic oxidation sites excluding steroid dienone is 1. The lowest BCUT2D eigenvalue weighted by molar-refractivity contribution is 0.392. The summed E-state index contributed by atoms with van der Waals surface area (Å²) in [6, 6.07) is 2.05. The Morgan fingerprint density at radius 3 is 3.33 bits per heavy atom. The second-order valence-electron chi connectivity index (χ2n) is 3.09. The minimum Gasteiger partial charge on any atom is -0.369 e. The molecule has 0 unspecified atom stereocenters. The van der Waals surface area contributed by atoms with E-state index in [9.17, 15) is 0 Å². The van der Waals surface area contributed by atoms with Crippen molar-refractivity contribution >= 4 is 33.9 Å². The van der Waals surface area contributed by atoms with Crippen molar-refractivity contribution in [2.75, 3.05) is 13.1 Å². The fourth-order valence-electron chi connectivity index (χ4n) is 1.46. The standard InChI is InChI=1S/C9H9IN4S/c10-9-13-5-7(15-9)6-14-4-3-12-8(14)1-2-11/h1,5,12H,3-4,6H2. The number of aromatic nitrogens is 1. The highest BCUT2D eigenvalue weighted by Crippen LogP contribution is 2.19. The van der Waals surface area contributed by atoms with Crippen molar-refractivity contribution in [2.24, 2.45) is 0 Å². The maximum atomic E-state index is 8.61. The average molecular weight is 332 g/mol. The molecule has 1 aromatic rings. The van der Waals surface area contributed by atoms with Crippen molar-refractivity contribution in [1.29, 1.82) is 5.26 Å². The van der Waals surface area contributed by atoms with Crippen LogP contribution >= 0.6 is 33.9 Å². The predicted molar refractivity (Wildman–Crippen MR) is 66.9 cm³/mol. The summed E-state index contributed by atoms with van der Waals surface area (Å²) >= 11 is 3.91. The molecule has 1 fully saturated rings. The van der Waals surface area contributed by atoms with Crippen LogP contribution in [0.5, 0.6) is 0 Å². The number of nitriles is 1. The number of hydrogen-bond acceptors (Lipinski definition) is 5. The Morgan fingerprint density at radius 1 is 1.80 bits per heavy atom. The fraction of sp³-hybridized carbons (Fsp3) is 0.333. The lowest BCUT2D eigenvalue weighted by Gasteiger charge is -2.16. The van der Waals surface area contributed by atoms with Crippen LogP contribution in [-0.4, -0.2) is 23.0 Å². The van der Waals surface area contributed by atoms with E-state index >= 15 is 0 Å². The molecule has 2 rings (SSSR count). The Kier molecular flexibility index (Phi) is 3.43. The fourth-order valence-corrected chi connectivity index (χ4v) is 3.10. The number of halogens is 1. The van der Waals surface area contributed by atoms with Gasteiger partial charge in [0.15, 0.2) is 3.01 Å². The molecule has 0 aromatic carbocycles. The molecular weight excluding hydrogens is 323 g/mol. The second kappa shape index (κ2) is 4.81. The van der Waals surface area contributed by atoms with E-state index in [0.29, 0.717) is 0 Å². The van der Waals surface area contributed by atoms with Crippen molar-refractivity contribution < 1.29 is 0 Å². The summed E-state index contributed by atoms with van der Waals surface area (Å²) in [5, 5.41) is 11.8. The highest BCUT2D eigenvalue weighted by molar-refractivity contribution is 14.1. The molecule has 1 N–H and O–H groups in total. The van der Waals surface area contributed by atoms with Gasteiger partial charge in [0.05, 0.1) is 18.7 Å². The first-order valence-corrected chi connectivity index (χ1v) is 6.38. The van der Waals surface area contributed by atoms with Gasteiger partial charge in [-0.15, -0.1) is 11.3 Å². The third kappa shape index (κ3) is 2.60. The first-order valence-electron chi connectivity index (χ1n) is 4.48. The lowest BCUT2D eigenvalue weighted by Crippen LogP contribution is -2.18. The van der Waals surface area contributed by atoms with Gasteiger partial charge in [-0.25, -0.2) is 4.98 Å². The molecule has 78 valence electrons. The van der Waals surface area contributed by atoms with Gasteiger partial charge >= 0.3 is 0 Å². The average Bonchev–Trinajstić information content (AvgIpc) is 2.78. The smallest absolute Gasteiger partial charge is 0.154 e. The third-order valence-electron chi connectivity index (χ3n) is 2.10. The normalized spacial score (nSPS) is 17.9. The van der Waals surface area contributed by atoms with E-state index in [1.54, 1.807) is 17.4 Å². The summed E-state index contributed by atoms with van der Waals surface area (Å²) < 4.78 is 1.06. The molecule has 2 heterocycles. The molecule has 0 amide bonds. The van der Waals surface area contributed by atoms with Crippen LogP contribution in [-0.2, 0) is 6.54 Å². The van der Waals surface area contributed by atoms with E-state index in [4.69, 9.17) is 5.26 Å². The van der Waals surface area contributed by atoms with Gasteiger partial charge in [-0.2, -0.15) is 5.26 Å². The number of nitrogens with one attached hydrogen (secondary N) is 1. The van der Waals surface area contributed by atoms with E-state index in [2.05, 4.69) is 43.9 Å². The molecule has 1 aliphatic heterocycles. The molecule has 0 bridgehead atoms. The van der Waals surface area contributed by atoms with Gasteiger partial charge in [0.2, 0.25) is 0 Å². The Balaban J connectivity index is 2.06.